The monoisotopic (exact) mass is 386 g/mol. The summed E-state index contributed by atoms with van der Waals surface area (Å²) in [5.41, 5.74) is 1.39. The van der Waals surface area contributed by atoms with E-state index in [9.17, 15) is 4.79 Å². The summed E-state index contributed by atoms with van der Waals surface area (Å²) < 4.78 is 5.64. The van der Waals surface area contributed by atoms with Gasteiger partial charge in [-0.1, -0.05) is 54.1 Å². The van der Waals surface area contributed by atoms with Crippen LogP contribution in [0.25, 0.3) is 0 Å². The molecule has 2 amide bonds. The predicted octanol–water partition coefficient (Wildman–Crippen LogP) is 4.77. The Morgan fingerprint density at radius 3 is 2.52 bits per heavy atom. The van der Waals surface area contributed by atoms with Gasteiger partial charge in [-0.15, -0.1) is 0 Å². The Balaban J connectivity index is 1.30. The number of nitrogens with zero attached hydrogens (tertiary/aromatic N) is 1. The average molecular weight is 387 g/mol. The van der Waals surface area contributed by atoms with Crippen LogP contribution >= 0.6 is 11.6 Å². The molecular weight excluding hydrogens is 360 g/mol. The SMILES string of the molecule is O=C(NCCCOc1ccccc1Cl)N1CCC(Cc2ccccc2)CC1. The van der Waals surface area contributed by atoms with Crippen LogP contribution in [-0.2, 0) is 6.42 Å². The highest BCUT2D eigenvalue weighted by atomic mass is 35.5. The Kier molecular flexibility index (Phi) is 7.40. The third-order valence-corrected chi connectivity index (χ3v) is 5.27. The van der Waals surface area contributed by atoms with Crippen molar-refractivity contribution in [3.63, 3.8) is 0 Å². The Hall–Kier alpha value is -2.20. The molecule has 0 atom stereocenters. The number of rotatable bonds is 7. The number of ether oxygens (including phenoxy) is 1. The van der Waals surface area contributed by atoms with Gasteiger partial charge in [0.2, 0.25) is 0 Å². The van der Waals surface area contributed by atoms with Crippen LogP contribution in [0.1, 0.15) is 24.8 Å². The van der Waals surface area contributed by atoms with Crippen LogP contribution in [0.4, 0.5) is 4.79 Å². The molecule has 0 radical (unpaired) electrons. The van der Waals surface area contributed by atoms with E-state index in [0.717, 1.165) is 38.8 Å². The predicted molar refractivity (Wildman–Crippen MR) is 109 cm³/mol. The van der Waals surface area contributed by atoms with Crippen molar-refractivity contribution in [3.8, 4) is 5.75 Å². The Bertz CT molecular complexity index is 715. The van der Waals surface area contributed by atoms with E-state index < -0.39 is 0 Å². The number of halogens is 1. The van der Waals surface area contributed by atoms with Gasteiger partial charge in [-0.05, 0) is 49.3 Å². The molecule has 0 aliphatic carbocycles. The second-order valence-electron chi connectivity index (χ2n) is 6.98. The standard InChI is InChI=1S/C22H27ClN2O2/c23-20-9-4-5-10-21(20)27-16-6-13-24-22(26)25-14-11-19(12-15-25)17-18-7-2-1-3-8-18/h1-5,7-10,19H,6,11-17H2,(H,24,26). The number of para-hydroxylation sites is 1. The number of piperidine rings is 1. The van der Waals surface area contributed by atoms with Crippen LogP contribution in [0.2, 0.25) is 5.02 Å². The summed E-state index contributed by atoms with van der Waals surface area (Å²) in [5.74, 6) is 1.35. The molecule has 0 aromatic heterocycles. The van der Waals surface area contributed by atoms with Crippen molar-refractivity contribution in [1.29, 1.82) is 0 Å². The van der Waals surface area contributed by atoms with Gasteiger partial charge in [-0.2, -0.15) is 0 Å². The highest BCUT2D eigenvalue weighted by Gasteiger charge is 2.22. The number of likely N-dealkylation sites (tertiary alicyclic amines) is 1. The molecule has 0 unspecified atom stereocenters. The molecule has 3 rings (SSSR count). The topological polar surface area (TPSA) is 41.6 Å². The fraction of sp³-hybridized carbons (Fsp3) is 0.409. The molecule has 1 fully saturated rings. The van der Waals surface area contributed by atoms with Crippen LogP contribution in [0, 0.1) is 5.92 Å². The van der Waals surface area contributed by atoms with E-state index in [-0.39, 0.29) is 6.03 Å². The number of urea groups is 1. The number of hydrogen-bond donors (Lipinski definition) is 1. The fourth-order valence-electron chi connectivity index (χ4n) is 3.41. The lowest BCUT2D eigenvalue weighted by Crippen LogP contribution is -2.45. The quantitative estimate of drug-likeness (QED) is 0.696. The highest BCUT2D eigenvalue weighted by Crippen LogP contribution is 2.23. The summed E-state index contributed by atoms with van der Waals surface area (Å²) in [4.78, 5) is 14.2. The first-order valence-corrected chi connectivity index (χ1v) is 10.0. The Morgan fingerprint density at radius 1 is 1.07 bits per heavy atom. The number of nitrogens with one attached hydrogen (secondary N) is 1. The van der Waals surface area contributed by atoms with Crippen LogP contribution in [0.5, 0.6) is 5.75 Å². The zero-order valence-electron chi connectivity index (χ0n) is 15.6. The molecule has 1 N–H and O–H groups in total. The first-order chi connectivity index (χ1) is 13.2. The largest absolute Gasteiger partial charge is 0.492 e. The van der Waals surface area contributed by atoms with Crippen LogP contribution in [0.15, 0.2) is 54.6 Å². The van der Waals surface area contributed by atoms with Crippen LogP contribution in [-0.4, -0.2) is 37.2 Å². The summed E-state index contributed by atoms with van der Waals surface area (Å²) in [6.45, 7) is 2.80. The minimum Gasteiger partial charge on any atom is -0.492 e. The summed E-state index contributed by atoms with van der Waals surface area (Å²) in [6, 6.07) is 18.1. The Labute approximate surface area is 166 Å². The third-order valence-electron chi connectivity index (χ3n) is 4.96. The van der Waals surface area contributed by atoms with E-state index in [1.54, 1.807) is 6.07 Å². The van der Waals surface area contributed by atoms with E-state index in [0.29, 0.717) is 29.8 Å². The summed E-state index contributed by atoms with van der Waals surface area (Å²) in [6.07, 6.45) is 3.99. The number of amides is 2. The Morgan fingerprint density at radius 2 is 1.78 bits per heavy atom. The molecule has 1 heterocycles. The molecule has 1 aliphatic rings. The van der Waals surface area contributed by atoms with Gasteiger partial charge in [0.15, 0.2) is 0 Å². The van der Waals surface area contributed by atoms with Gasteiger partial charge in [0.1, 0.15) is 5.75 Å². The molecule has 1 saturated heterocycles. The molecule has 144 valence electrons. The molecule has 0 bridgehead atoms. The van der Waals surface area contributed by atoms with E-state index in [1.165, 1.54) is 5.56 Å². The zero-order chi connectivity index (χ0) is 18.9. The lowest BCUT2D eigenvalue weighted by Gasteiger charge is -2.32. The van der Waals surface area contributed by atoms with E-state index in [2.05, 4.69) is 35.6 Å². The van der Waals surface area contributed by atoms with Gasteiger partial charge in [0, 0.05) is 19.6 Å². The summed E-state index contributed by atoms with van der Waals surface area (Å²) in [7, 11) is 0. The normalized spacial score (nSPS) is 14.8. The summed E-state index contributed by atoms with van der Waals surface area (Å²) >= 11 is 6.05. The van der Waals surface area contributed by atoms with Crippen molar-refractivity contribution >= 4 is 17.6 Å². The first kappa shape index (κ1) is 19.6. The van der Waals surface area contributed by atoms with Crippen molar-refractivity contribution in [3.05, 3.63) is 65.2 Å². The fourth-order valence-corrected chi connectivity index (χ4v) is 3.60. The molecule has 2 aromatic carbocycles. The van der Waals surface area contributed by atoms with E-state index >= 15 is 0 Å². The van der Waals surface area contributed by atoms with Crippen molar-refractivity contribution in [2.24, 2.45) is 5.92 Å². The maximum Gasteiger partial charge on any atom is 0.317 e. The molecule has 1 aliphatic heterocycles. The molecule has 0 spiro atoms. The van der Waals surface area contributed by atoms with Crippen LogP contribution in [0.3, 0.4) is 0 Å². The maximum absolute atomic E-state index is 12.3. The van der Waals surface area contributed by atoms with Crippen molar-refractivity contribution in [1.82, 2.24) is 10.2 Å². The van der Waals surface area contributed by atoms with Crippen LogP contribution < -0.4 is 10.1 Å². The maximum atomic E-state index is 12.3. The smallest absolute Gasteiger partial charge is 0.317 e. The minimum atomic E-state index is 0.0332. The van der Waals surface area contributed by atoms with Gasteiger partial charge in [0.25, 0.3) is 0 Å². The molecular formula is C22H27ClN2O2. The third kappa shape index (κ3) is 6.17. The average Bonchev–Trinajstić information content (AvgIpc) is 2.70. The molecule has 4 nitrogen and oxygen atoms in total. The van der Waals surface area contributed by atoms with Gasteiger partial charge < -0.3 is 15.0 Å². The zero-order valence-corrected chi connectivity index (χ0v) is 16.3. The molecule has 5 heteroatoms. The van der Waals surface area contributed by atoms with E-state index in [4.69, 9.17) is 16.3 Å². The van der Waals surface area contributed by atoms with Gasteiger partial charge in [0.05, 0.1) is 11.6 Å². The van der Waals surface area contributed by atoms with Crippen molar-refractivity contribution in [2.75, 3.05) is 26.2 Å². The van der Waals surface area contributed by atoms with Gasteiger partial charge in [-0.3, -0.25) is 0 Å². The highest BCUT2D eigenvalue weighted by molar-refractivity contribution is 6.32. The molecule has 27 heavy (non-hydrogen) atoms. The van der Waals surface area contributed by atoms with Crippen molar-refractivity contribution < 1.29 is 9.53 Å². The van der Waals surface area contributed by atoms with Crippen molar-refractivity contribution in [2.45, 2.75) is 25.7 Å². The van der Waals surface area contributed by atoms with E-state index in [1.807, 2.05) is 23.1 Å². The molecule has 2 aromatic rings. The summed E-state index contributed by atoms with van der Waals surface area (Å²) in [5, 5.41) is 3.60. The number of carbonyl (C=O) groups is 1. The number of hydrogen-bond acceptors (Lipinski definition) is 2. The lowest BCUT2D eigenvalue weighted by atomic mass is 9.90. The first-order valence-electron chi connectivity index (χ1n) is 9.66. The lowest BCUT2D eigenvalue weighted by molar-refractivity contribution is 0.169. The second-order valence-corrected chi connectivity index (χ2v) is 7.39. The van der Waals surface area contributed by atoms with Gasteiger partial charge in [-0.25, -0.2) is 4.79 Å². The van der Waals surface area contributed by atoms with Gasteiger partial charge >= 0.3 is 6.03 Å². The number of carbonyl (C=O) groups excluding carboxylic acids is 1. The molecule has 0 saturated carbocycles. The minimum absolute atomic E-state index is 0.0332. The number of benzene rings is 2. The second kappa shape index (κ2) is 10.2.